The molecule has 9 nitrogen and oxygen atoms in total. The molecule has 0 aliphatic heterocycles. The van der Waals surface area contributed by atoms with Gasteiger partial charge in [0.25, 0.3) is 5.56 Å². The minimum atomic E-state index is -1.35. The number of nitrogens with zero attached hydrogens (tertiary/aromatic N) is 3. The van der Waals surface area contributed by atoms with Crippen LogP contribution in [0.1, 0.15) is 68.9 Å². The summed E-state index contributed by atoms with van der Waals surface area (Å²) in [5.74, 6) is 0.505. The van der Waals surface area contributed by atoms with Gasteiger partial charge in [-0.3, -0.25) is 9.59 Å². The highest BCUT2D eigenvalue weighted by molar-refractivity contribution is 7.22. The number of nitrogens with two attached hydrogens (primary N) is 1. The Bertz CT molecular complexity index is 1530. The average Bonchev–Trinajstić information content (AvgIpc) is 3.58. The third kappa shape index (κ3) is 5.10. The van der Waals surface area contributed by atoms with E-state index in [4.69, 9.17) is 24.7 Å². The number of carbonyl (C=O) groups is 1. The van der Waals surface area contributed by atoms with Gasteiger partial charge in [-0.15, -0.1) is 11.3 Å². The van der Waals surface area contributed by atoms with E-state index in [0.717, 1.165) is 52.1 Å². The minimum absolute atomic E-state index is 0.116. The van der Waals surface area contributed by atoms with Crippen molar-refractivity contribution in [3.05, 3.63) is 63.9 Å². The molecule has 1 fully saturated rings. The quantitative estimate of drug-likeness (QED) is 0.301. The second-order valence-electron chi connectivity index (χ2n) is 10.5. The molecule has 10 heteroatoms. The fraction of sp³-hybridized carbons (Fsp3) is 0.448. The largest absolute Gasteiger partial charge is 0.496 e. The highest BCUT2D eigenvalue weighted by Crippen LogP contribution is 2.40. The molecule has 1 aliphatic carbocycles. The minimum Gasteiger partial charge on any atom is -0.496 e. The highest BCUT2D eigenvalue weighted by atomic mass is 32.1. The number of thiophene rings is 1. The second kappa shape index (κ2) is 10.9. The van der Waals surface area contributed by atoms with Gasteiger partial charge >= 0.3 is 0 Å². The number of carbonyl (C=O) groups excluding carboxylic acids is 1. The summed E-state index contributed by atoms with van der Waals surface area (Å²) in [4.78, 5) is 31.3. The lowest BCUT2D eigenvalue weighted by Gasteiger charge is -2.29. The van der Waals surface area contributed by atoms with Crippen molar-refractivity contribution in [2.75, 3.05) is 7.11 Å². The molecular weight excluding hydrogens is 516 g/mol. The van der Waals surface area contributed by atoms with E-state index in [-0.39, 0.29) is 17.8 Å². The molecule has 3 heterocycles. The van der Waals surface area contributed by atoms with E-state index >= 15 is 0 Å². The zero-order valence-electron chi connectivity index (χ0n) is 22.7. The first-order valence-corrected chi connectivity index (χ1v) is 14.1. The molecule has 1 saturated carbocycles. The molecule has 0 bridgehead atoms. The number of hydrogen-bond acceptors (Lipinski definition) is 8. The van der Waals surface area contributed by atoms with Gasteiger partial charge in [0.05, 0.1) is 46.2 Å². The van der Waals surface area contributed by atoms with E-state index in [1.54, 1.807) is 27.2 Å². The zero-order valence-corrected chi connectivity index (χ0v) is 23.5. The smallest absolute Gasteiger partial charge is 0.276 e. The SMILES string of the molecule is COc1ccccc1[C@H](Cc1nn(C(C)(C)C(N)=O)c(=O)c2c(C)c(-c3ncco3)sc12)OC1CCCCC1. The molecule has 39 heavy (non-hydrogen) atoms. The number of hydrogen-bond donors (Lipinski definition) is 1. The predicted octanol–water partition coefficient (Wildman–Crippen LogP) is 5.28. The number of aromatic nitrogens is 3. The van der Waals surface area contributed by atoms with Gasteiger partial charge in [0.1, 0.15) is 17.6 Å². The summed E-state index contributed by atoms with van der Waals surface area (Å²) in [5, 5.41) is 5.26. The molecule has 4 aromatic rings. The summed E-state index contributed by atoms with van der Waals surface area (Å²) in [6, 6.07) is 7.82. The van der Waals surface area contributed by atoms with Gasteiger partial charge in [-0.2, -0.15) is 5.10 Å². The van der Waals surface area contributed by atoms with Crippen LogP contribution in [0.2, 0.25) is 0 Å². The van der Waals surface area contributed by atoms with Crippen LogP contribution in [0.15, 0.2) is 45.9 Å². The first kappa shape index (κ1) is 27.1. The first-order chi connectivity index (χ1) is 18.7. The van der Waals surface area contributed by atoms with E-state index in [9.17, 15) is 9.59 Å². The van der Waals surface area contributed by atoms with Crippen LogP contribution < -0.4 is 16.0 Å². The third-order valence-corrected chi connectivity index (χ3v) is 8.90. The fourth-order valence-corrected chi connectivity index (χ4v) is 6.45. The van der Waals surface area contributed by atoms with Crippen LogP contribution >= 0.6 is 11.3 Å². The van der Waals surface area contributed by atoms with E-state index < -0.39 is 11.4 Å². The number of oxazole rings is 1. The normalized spacial score (nSPS) is 15.5. The number of aryl methyl sites for hydroxylation is 1. The van der Waals surface area contributed by atoms with Crippen molar-refractivity contribution in [2.24, 2.45) is 5.73 Å². The van der Waals surface area contributed by atoms with Crippen LogP contribution in [0.25, 0.3) is 20.9 Å². The first-order valence-electron chi connectivity index (χ1n) is 13.3. The average molecular weight is 551 g/mol. The van der Waals surface area contributed by atoms with Crippen molar-refractivity contribution in [2.45, 2.75) is 77.0 Å². The maximum Gasteiger partial charge on any atom is 0.276 e. The number of ether oxygens (including phenoxy) is 2. The summed E-state index contributed by atoms with van der Waals surface area (Å²) < 4.78 is 20.0. The van der Waals surface area contributed by atoms with Gasteiger partial charge in [-0.05, 0) is 45.2 Å². The van der Waals surface area contributed by atoms with Crippen LogP contribution in [0, 0.1) is 6.92 Å². The van der Waals surface area contributed by atoms with Gasteiger partial charge in [-0.1, -0.05) is 37.5 Å². The molecule has 206 valence electrons. The van der Waals surface area contributed by atoms with Gasteiger partial charge in [0.2, 0.25) is 11.8 Å². The Kier molecular flexibility index (Phi) is 7.59. The monoisotopic (exact) mass is 550 g/mol. The van der Waals surface area contributed by atoms with E-state index in [1.165, 1.54) is 28.7 Å². The second-order valence-corrected chi connectivity index (χ2v) is 11.5. The molecule has 0 radical (unpaired) electrons. The van der Waals surface area contributed by atoms with Crippen molar-refractivity contribution in [3.63, 3.8) is 0 Å². The van der Waals surface area contributed by atoms with Crippen LogP contribution in [-0.2, 0) is 21.5 Å². The van der Waals surface area contributed by atoms with E-state index in [1.807, 2.05) is 31.2 Å². The lowest BCUT2D eigenvalue weighted by Crippen LogP contribution is -2.48. The molecule has 0 unspecified atom stereocenters. The van der Waals surface area contributed by atoms with E-state index in [0.29, 0.717) is 23.4 Å². The number of amides is 1. The lowest BCUT2D eigenvalue weighted by molar-refractivity contribution is -0.125. The molecule has 1 aromatic carbocycles. The maximum atomic E-state index is 13.8. The van der Waals surface area contributed by atoms with Gasteiger partial charge in [0, 0.05) is 12.0 Å². The number of fused-ring (bicyclic) bond motifs is 1. The summed E-state index contributed by atoms with van der Waals surface area (Å²) in [5.41, 5.74) is 6.28. The van der Waals surface area contributed by atoms with Gasteiger partial charge in [0.15, 0.2) is 0 Å². The molecule has 0 saturated heterocycles. The number of rotatable bonds is 9. The molecule has 1 atom stereocenters. The summed E-state index contributed by atoms with van der Waals surface area (Å²) >= 11 is 1.41. The van der Waals surface area contributed by atoms with E-state index in [2.05, 4.69) is 4.98 Å². The van der Waals surface area contributed by atoms with Crippen molar-refractivity contribution < 1.29 is 18.7 Å². The van der Waals surface area contributed by atoms with Gasteiger partial charge in [-0.25, -0.2) is 9.67 Å². The number of primary amides is 1. The van der Waals surface area contributed by atoms with Crippen LogP contribution in [0.5, 0.6) is 5.75 Å². The van der Waals surface area contributed by atoms with Crippen molar-refractivity contribution in [1.82, 2.24) is 14.8 Å². The fourth-order valence-electron chi connectivity index (χ4n) is 5.22. The van der Waals surface area contributed by atoms with Crippen LogP contribution in [-0.4, -0.2) is 33.9 Å². The van der Waals surface area contributed by atoms with Crippen molar-refractivity contribution >= 4 is 27.3 Å². The Morgan fingerprint density at radius 3 is 2.67 bits per heavy atom. The highest BCUT2D eigenvalue weighted by Gasteiger charge is 2.34. The number of para-hydroxylation sites is 1. The molecule has 0 spiro atoms. The molecule has 1 amide bonds. The van der Waals surface area contributed by atoms with Crippen LogP contribution in [0.3, 0.4) is 0 Å². The molecule has 2 N–H and O–H groups in total. The standard InChI is InChI=1S/C29H34N4O5S/c1-17-23-25(39-24(17)26-31-14-15-37-26)20(32-33(27(23)34)29(2,3)28(30)35)16-22(38-18-10-6-5-7-11-18)19-12-8-9-13-21(19)36-4/h8-9,12-15,18,22H,5-7,10-11,16H2,1-4H3,(H2,30,35)/t22-/m0/s1. The number of benzene rings is 1. The Labute approximate surface area is 230 Å². The molecule has 5 rings (SSSR count). The maximum absolute atomic E-state index is 13.8. The Morgan fingerprint density at radius 1 is 1.26 bits per heavy atom. The van der Waals surface area contributed by atoms with Crippen LogP contribution in [0.4, 0.5) is 0 Å². The summed E-state index contributed by atoms with van der Waals surface area (Å²) in [6.07, 6.45) is 8.65. The lowest BCUT2D eigenvalue weighted by atomic mass is 9.96. The summed E-state index contributed by atoms with van der Waals surface area (Å²) in [7, 11) is 1.65. The number of methoxy groups -OCH3 is 1. The third-order valence-electron chi connectivity index (χ3n) is 7.57. The van der Waals surface area contributed by atoms with Gasteiger partial charge < -0.3 is 19.6 Å². The Morgan fingerprint density at radius 2 is 2.00 bits per heavy atom. The predicted molar refractivity (Wildman–Crippen MR) is 150 cm³/mol. The molecular formula is C29H34N4O5S. The van der Waals surface area contributed by atoms with Crippen molar-refractivity contribution in [1.29, 1.82) is 0 Å². The topological polar surface area (TPSA) is 122 Å². The Balaban J connectivity index is 1.70. The van der Waals surface area contributed by atoms with Crippen molar-refractivity contribution in [3.8, 4) is 16.5 Å². The molecule has 1 aliphatic rings. The summed E-state index contributed by atoms with van der Waals surface area (Å²) in [6.45, 7) is 5.07. The Hall–Kier alpha value is -3.50. The zero-order chi connectivity index (χ0) is 27.7. The molecule has 3 aromatic heterocycles.